The molecule has 0 aromatic heterocycles. The van der Waals surface area contributed by atoms with Crippen LogP contribution in [0.1, 0.15) is 5.56 Å². The van der Waals surface area contributed by atoms with Crippen LogP contribution in [0, 0.1) is 0 Å². The van der Waals surface area contributed by atoms with Crippen LogP contribution in [0.5, 0.6) is 5.75 Å². The van der Waals surface area contributed by atoms with E-state index in [0.717, 1.165) is 5.56 Å². The normalized spacial score (nSPS) is 9.88. The third kappa shape index (κ3) is 5.53. The first-order valence-electron chi connectivity index (χ1n) is 5.00. The van der Waals surface area contributed by atoms with Crippen molar-refractivity contribution >= 4 is 11.9 Å². The van der Waals surface area contributed by atoms with Crippen molar-refractivity contribution in [3.63, 3.8) is 0 Å². The molecule has 6 nitrogen and oxygen atoms in total. The average Bonchev–Trinajstić information content (AvgIpc) is 2.27. The van der Waals surface area contributed by atoms with Crippen LogP contribution in [0.15, 0.2) is 24.3 Å². The van der Waals surface area contributed by atoms with Crippen molar-refractivity contribution in [2.24, 2.45) is 5.73 Å². The Hall–Kier alpha value is -2.08. The van der Waals surface area contributed by atoms with Crippen molar-refractivity contribution < 1.29 is 19.4 Å². The second-order valence-electron chi connectivity index (χ2n) is 3.40. The molecular formula is C11H14N2O4. The van der Waals surface area contributed by atoms with Crippen molar-refractivity contribution in [3.8, 4) is 5.75 Å². The second-order valence-corrected chi connectivity index (χ2v) is 3.40. The summed E-state index contributed by atoms with van der Waals surface area (Å²) in [5.74, 6) is -0.935. The largest absolute Gasteiger partial charge is 0.482 e. The lowest BCUT2D eigenvalue weighted by Crippen LogP contribution is -2.28. The molecule has 0 radical (unpaired) electrons. The van der Waals surface area contributed by atoms with E-state index in [2.05, 4.69) is 5.32 Å². The second kappa shape index (κ2) is 6.49. The molecule has 0 fully saturated rings. The number of benzene rings is 1. The number of hydrogen-bond donors (Lipinski definition) is 3. The highest BCUT2D eigenvalue weighted by molar-refractivity contribution is 5.75. The molecule has 0 heterocycles. The summed E-state index contributed by atoms with van der Waals surface area (Å²) in [4.78, 5) is 20.7. The first-order chi connectivity index (χ1) is 8.08. The van der Waals surface area contributed by atoms with Crippen LogP contribution in [0.2, 0.25) is 0 Å². The van der Waals surface area contributed by atoms with Gasteiger partial charge in [-0.05, 0) is 17.7 Å². The molecule has 0 atom stereocenters. The Morgan fingerprint density at radius 3 is 2.47 bits per heavy atom. The van der Waals surface area contributed by atoms with Gasteiger partial charge in [0.2, 0.25) is 5.91 Å². The first kappa shape index (κ1) is 13.0. The molecule has 1 rings (SSSR count). The van der Waals surface area contributed by atoms with Gasteiger partial charge >= 0.3 is 5.97 Å². The molecule has 0 saturated heterocycles. The van der Waals surface area contributed by atoms with Crippen LogP contribution in [-0.4, -0.2) is 30.1 Å². The fourth-order valence-electron chi connectivity index (χ4n) is 1.18. The van der Waals surface area contributed by atoms with Gasteiger partial charge in [0.25, 0.3) is 0 Å². The minimum absolute atomic E-state index is 0.122. The highest BCUT2D eigenvalue weighted by atomic mass is 16.5. The molecule has 17 heavy (non-hydrogen) atoms. The number of nitrogens with one attached hydrogen (secondary N) is 1. The molecule has 6 heteroatoms. The molecule has 0 aliphatic rings. The van der Waals surface area contributed by atoms with Gasteiger partial charge in [-0.3, -0.25) is 4.79 Å². The fraction of sp³-hybridized carbons (Fsp3) is 0.273. The summed E-state index contributed by atoms with van der Waals surface area (Å²) in [7, 11) is 0. The van der Waals surface area contributed by atoms with Crippen LogP contribution >= 0.6 is 0 Å². The number of hydrogen-bond acceptors (Lipinski definition) is 4. The fourth-order valence-corrected chi connectivity index (χ4v) is 1.18. The van der Waals surface area contributed by atoms with Gasteiger partial charge in [-0.25, -0.2) is 4.79 Å². The van der Waals surface area contributed by atoms with Gasteiger partial charge in [0.1, 0.15) is 5.75 Å². The van der Waals surface area contributed by atoms with Crippen LogP contribution in [0.25, 0.3) is 0 Å². The number of primary amides is 1. The Kier molecular flexibility index (Phi) is 4.96. The molecular weight excluding hydrogens is 224 g/mol. The van der Waals surface area contributed by atoms with E-state index in [1.54, 1.807) is 24.3 Å². The minimum atomic E-state index is -1.02. The number of carbonyl (C=O) groups is 2. The quantitative estimate of drug-likeness (QED) is 0.606. The van der Waals surface area contributed by atoms with Gasteiger partial charge in [0.05, 0.1) is 6.54 Å². The monoisotopic (exact) mass is 238 g/mol. The number of ether oxygens (including phenoxy) is 1. The third-order valence-corrected chi connectivity index (χ3v) is 1.91. The zero-order valence-electron chi connectivity index (χ0n) is 9.18. The van der Waals surface area contributed by atoms with E-state index in [1.807, 2.05) is 0 Å². The molecule has 0 unspecified atom stereocenters. The van der Waals surface area contributed by atoms with Gasteiger partial charge in [-0.2, -0.15) is 0 Å². The number of carbonyl (C=O) groups excluding carboxylic acids is 1. The van der Waals surface area contributed by atoms with E-state index in [-0.39, 0.29) is 13.2 Å². The van der Waals surface area contributed by atoms with E-state index < -0.39 is 11.9 Å². The van der Waals surface area contributed by atoms with E-state index in [9.17, 15) is 9.59 Å². The molecule has 1 amide bonds. The summed E-state index contributed by atoms with van der Waals surface area (Å²) in [6.07, 6.45) is 0. The Morgan fingerprint density at radius 1 is 1.29 bits per heavy atom. The SMILES string of the molecule is NC(=O)CNCc1ccc(OCC(=O)O)cc1. The van der Waals surface area contributed by atoms with Crippen LogP contribution < -0.4 is 15.8 Å². The molecule has 0 spiro atoms. The maximum Gasteiger partial charge on any atom is 0.341 e. The highest BCUT2D eigenvalue weighted by Gasteiger charge is 2.00. The summed E-state index contributed by atoms with van der Waals surface area (Å²) in [5, 5.41) is 11.3. The Balaban J connectivity index is 2.39. The predicted octanol–water partition coefficient (Wildman–Crippen LogP) is -0.275. The van der Waals surface area contributed by atoms with E-state index in [0.29, 0.717) is 12.3 Å². The average molecular weight is 238 g/mol. The summed E-state index contributed by atoms with van der Waals surface area (Å²) in [5.41, 5.74) is 5.92. The van der Waals surface area contributed by atoms with Crippen molar-refractivity contribution in [1.82, 2.24) is 5.32 Å². The van der Waals surface area contributed by atoms with E-state index in [1.165, 1.54) is 0 Å². The topological polar surface area (TPSA) is 102 Å². The lowest BCUT2D eigenvalue weighted by atomic mass is 10.2. The Labute approximate surface area is 98.4 Å². The summed E-state index contributed by atoms with van der Waals surface area (Å²) < 4.78 is 4.97. The lowest BCUT2D eigenvalue weighted by Gasteiger charge is -2.05. The summed E-state index contributed by atoms with van der Waals surface area (Å²) in [6, 6.07) is 6.91. The number of rotatable bonds is 7. The number of carboxylic acid groups (broad SMARTS) is 1. The van der Waals surface area contributed by atoms with Crippen LogP contribution in [-0.2, 0) is 16.1 Å². The molecule has 1 aromatic carbocycles. The van der Waals surface area contributed by atoms with E-state index in [4.69, 9.17) is 15.6 Å². The number of aliphatic carboxylic acids is 1. The van der Waals surface area contributed by atoms with Crippen LogP contribution in [0.4, 0.5) is 0 Å². The van der Waals surface area contributed by atoms with Crippen molar-refractivity contribution in [1.29, 1.82) is 0 Å². The first-order valence-corrected chi connectivity index (χ1v) is 5.00. The van der Waals surface area contributed by atoms with Crippen molar-refractivity contribution in [2.45, 2.75) is 6.54 Å². The molecule has 92 valence electrons. The molecule has 0 aliphatic heterocycles. The molecule has 0 bridgehead atoms. The van der Waals surface area contributed by atoms with Crippen molar-refractivity contribution in [2.75, 3.05) is 13.2 Å². The molecule has 0 saturated carbocycles. The number of amides is 1. The van der Waals surface area contributed by atoms with Gasteiger partial charge in [0.15, 0.2) is 6.61 Å². The smallest absolute Gasteiger partial charge is 0.341 e. The van der Waals surface area contributed by atoms with Gasteiger partial charge in [0, 0.05) is 6.54 Å². The maximum absolute atomic E-state index is 10.5. The van der Waals surface area contributed by atoms with Crippen molar-refractivity contribution in [3.05, 3.63) is 29.8 Å². The summed E-state index contributed by atoms with van der Waals surface area (Å²) in [6.45, 7) is 0.276. The minimum Gasteiger partial charge on any atom is -0.482 e. The standard InChI is InChI=1S/C11H14N2O4/c12-10(14)6-13-5-8-1-3-9(4-2-8)17-7-11(15)16/h1-4,13H,5-7H2,(H2,12,14)(H,15,16). The number of carboxylic acids is 1. The van der Waals surface area contributed by atoms with E-state index >= 15 is 0 Å². The zero-order valence-corrected chi connectivity index (χ0v) is 9.18. The van der Waals surface area contributed by atoms with Gasteiger partial charge in [-0.15, -0.1) is 0 Å². The Morgan fingerprint density at radius 2 is 1.94 bits per heavy atom. The molecule has 4 N–H and O–H groups in total. The predicted molar refractivity (Wildman–Crippen MR) is 60.5 cm³/mol. The third-order valence-electron chi connectivity index (χ3n) is 1.91. The molecule has 1 aromatic rings. The number of nitrogens with two attached hydrogens (primary N) is 1. The lowest BCUT2D eigenvalue weighted by molar-refractivity contribution is -0.139. The zero-order chi connectivity index (χ0) is 12.7. The van der Waals surface area contributed by atoms with Gasteiger partial charge < -0.3 is 20.9 Å². The van der Waals surface area contributed by atoms with Crippen LogP contribution in [0.3, 0.4) is 0 Å². The summed E-state index contributed by atoms with van der Waals surface area (Å²) >= 11 is 0. The maximum atomic E-state index is 10.5. The Bertz CT molecular complexity index is 389. The van der Waals surface area contributed by atoms with Gasteiger partial charge in [-0.1, -0.05) is 12.1 Å². The molecule has 0 aliphatic carbocycles. The highest BCUT2D eigenvalue weighted by Crippen LogP contribution is 2.11.